The first-order chi connectivity index (χ1) is 12.4. The van der Waals surface area contributed by atoms with Gasteiger partial charge in [0.1, 0.15) is 18.1 Å². The highest BCUT2D eigenvalue weighted by Gasteiger charge is 2.27. The van der Waals surface area contributed by atoms with Crippen molar-refractivity contribution in [1.29, 1.82) is 0 Å². The average molecular weight is 387 g/mol. The van der Waals surface area contributed by atoms with Gasteiger partial charge in [-0.1, -0.05) is 13.8 Å². The summed E-state index contributed by atoms with van der Waals surface area (Å²) >= 11 is 0. The van der Waals surface area contributed by atoms with E-state index in [1.165, 1.54) is 13.8 Å². The number of carbonyl (C=O) groups is 5. The zero-order chi connectivity index (χ0) is 21.3. The molecular formula is C16H29N5O6. The van der Waals surface area contributed by atoms with Crippen molar-refractivity contribution < 1.29 is 29.1 Å². The third kappa shape index (κ3) is 8.99. The quantitative estimate of drug-likeness (QED) is 0.232. The molecule has 0 aromatic heterocycles. The maximum atomic E-state index is 12.1. The summed E-state index contributed by atoms with van der Waals surface area (Å²) in [4.78, 5) is 57.8. The molecule has 0 fully saturated rings. The maximum Gasteiger partial charge on any atom is 0.326 e. The topological polar surface area (TPSA) is 194 Å². The van der Waals surface area contributed by atoms with Crippen LogP contribution in [0.5, 0.6) is 0 Å². The molecule has 154 valence electrons. The van der Waals surface area contributed by atoms with Crippen LogP contribution in [0.4, 0.5) is 0 Å². The zero-order valence-corrected chi connectivity index (χ0v) is 15.9. The number of nitrogens with two attached hydrogens (primary N) is 2. The molecule has 0 radical (unpaired) electrons. The van der Waals surface area contributed by atoms with E-state index in [4.69, 9.17) is 16.6 Å². The van der Waals surface area contributed by atoms with Crippen LogP contribution in [0.2, 0.25) is 0 Å². The van der Waals surface area contributed by atoms with Gasteiger partial charge in [-0.05, 0) is 26.2 Å². The predicted molar refractivity (Wildman–Crippen MR) is 96.0 cm³/mol. The minimum absolute atomic E-state index is 0.0418. The van der Waals surface area contributed by atoms with Crippen LogP contribution in [-0.2, 0) is 24.0 Å². The molecular weight excluding hydrogens is 358 g/mol. The van der Waals surface area contributed by atoms with Gasteiger partial charge in [0.15, 0.2) is 0 Å². The fourth-order valence-corrected chi connectivity index (χ4v) is 2.01. The molecule has 0 rings (SSSR count). The predicted octanol–water partition coefficient (Wildman–Crippen LogP) is -2.19. The Morgan fingerprint density at radius 2 is 1.30 bits per heavy atom. The fourth-order valence-electron chi connectivity index (χ4n) is 2.01. The SMILES string of the molecule is CC(NC(=O)C(N)CCC(N)=O)C(=O)NC(C)C(=O)NC(C(=O)O)C(C)C. The lowest BCUT2D eigenvalue weighted by molar-refractivity contribution is -0.143. The number of hydrogen-bond donors (Lipinski definition) is 6. The summed E-state index contributed by atoms with van der Waals surface area (Å²) in [5.74, 6) is -4.06. The van der Waals surface area contributed by atoms with Gasteiger partial charge in [0.05, 0.1) is 6.04 Å². The second kappa shape index (κ2) is 11.1. The van der Waals surface area contributed by atoms with Crippen LogP contribution < -0.4 is 27.4 Å². The maximum absolute atomic E-state index is 12.1. The zero-order valence-electron chi connectivity index (χ0n) is 15.9. The van der Waals surface area contributed by atoms with E-state index in [1.807, 2.05) is 0 Å². The molecule has 4 unspecified atom stereocenters. The van der Waals surface area contributed by atoms with E-state index in [0.717, 1.165) is 0 Å². The van der Waals surface area contributed by atoms with Gasteiger partial charge in [0.2, 0.25) is 23.6 Å². The van der Waals surface area contributed by atoms with Crippen molar-refractivity contribution in [3.63, 3.8) is 0 Å². The summed E-state index contributed by atoms with van der Waals surface area (Å²) in [6, 6.07) is -4.10. The Morgan fingerprint density at radius 1 is 0.852 bits per heavy atom. The second-order valence-electron chi connectivity index (χ2n) is 6.64. The Morgan fingerprint density at radius 3 is 1.70 bits per heavy atom. The monoisotopic (exact) mass is 387 g/mol. The highest BCUT2D eigenvalue weighted by atomic mass is 16.4. The Labute approximate surface area is 157 Å². The van der Waals surface area contributed by atoms with Gasteiger partial charge in [0, 0.05) is 6.42 Å². The molecule has 0 aromatic carbocycles. The number of carbonyl (C=O) groups excluding carboxylic acids is 4. The number of aliphatic carboxylic acids is 1. The standard InChI is InChI=1S/C16H29N5O6/c1-7(2)12(16(26)27)21-14(24)9(4)19-13(23)8(3)20-15(25)10(17)5-6-11(18)22/h7-10,12H,5-6,17H2,1-4H3,(H2,18,22)(H,19,23)(H,20,25)(H,21,24)(H,26,27). The van der Waals surface area contributed by atoms with Crippen molar-refractivity contribution in [2.75, 3.05) is 0 Å². The summed E-state index contributed by atoms with van der Waals surface area (Å²) < 4.78 is 0. The first-order valence-corrected chi connectivity index (χ1v) is 8.54. The van der Waals surface area contributed by atoms with Crippen LogP contribution >= 0.6 is 0 Å². The van der Waals surface area contributed by atoms with E-state index in [9.17, 15) is 24.0 Å². The molecule has 0 bridgehead atoms. The minimum atomic E-state index is -1.18. The summed E-state index contributed by atoms with van der Waals surface area (Å²) in [5, 5.41) is 16.2. The first kappa shape index (κ1) is 24.3. The number of carboxylic acids is 1. The van der Waals surface area contributed by atoms with E-state index < -0.39 is 53.8 Å². The van der Waals surface area contributed by atoms with Gasteiger partial charge in [-0.25, -0.2) is 4.79 Å². The van der Waals surface area contributed by atoms with Crippen LogP contribution in [0.15, 0.2) is 0 Å². The van der Waals surface area contributed by atoms with Crippen LogP contribution in [-0.4, -0.2) is 58.9 Å². The molecule has 8 N–H and O–H groups in total. The second-order valence-corrected chi connectivity index (χ2v) is 6.64. The highest BCUT2D eigenvalue weighted by molar-refractivity contribution is 5.93. The summed E-state index contributed by atoms with van der Waals surface area (Å²) in [6.07, 6.45) is -0.0208. The molecule has 4 atom stereocenters. The molecule has 11 heteroatoms. The van der Waals surface area contributed by atoms with Gasteiger partial charge in [-0.2, -0.15) is 0 Å². The molecule has 0 heterocycles. The van der Waals surface area contributed by atoms with Crippen molar-refractivity contribution in [3.05, 3.63) is 0 Å². The van der Waals surface area contributed by atoms with E-state index in [2.05, 4.69) is 16.0 Å². The molecule has 11 nitrogen and oxygen atoms in total. The number of nitrogens with one attached hydrogen (secondary N) is 3. The Kier molecular flexibility index (Phi) is 10.0. The van der Waals surface area contributed by atoms with Crippen LogP contribution in [0.1, 0.15) is 40.5 Å². The summed E-state index contributed by atoms with van der Waals surface area (Å²) in [7, 11) is 0. The van der Waals surface area contributed by atoms with Gasteiger partial charge in [-0.3, -0.25) is 19.2 Å². The lowest BCUT2D eigenvalue weighted by Crippen LogP contribution is -2.56. The molecule has 27 heavy (non-hydrogen) atoms. The number of carboxylic acid groups (broad SMARTS) is 1. The smallest absolute Gasteiger partial charge is 0.326 e. The Balaban J connectivity index is 4.60. The van der Waals surface area contributed by atoms with Gasteiger partial charge in [-0.15, -0.1) is 0 Å². The number of rotatable bonds is 11. The van der Waals surface area contributed by atoms with E-state index in [-0.39, 0.29) is 18.8 Å². The number of amides is 4. The third-order valence-corrected chi connectivity index (χ3v) is 3.77. The largest absolute Gasteiger partial charge is 0.480 e. The molecule has 0 spiro atoms. The van der Waals surface area contributed by atoms with Crippen molar-refractivity contribution in [3.8, 4) is 0 Å². The summed E-state index contributed by atoms with van der Waals surface area (Å²) in [6.45, 7) is 6.06. The molecule has 0 saturated carbocycles. The van der Waals surface area contributed by atoms with Crippen molar-refractivity contribution in [2.45, 2.75) is 64.7 Å². The minimum Gasteiger partial charge on any atom is -0.480 e. The van der Waals surface area contributed by atoms with Gasteiger partial charge < -0.3 is 32.5 Å². The summed E-state index contributed by atoms with van der Waals surface area (Å²) in [5.41, 5.74) is 10.6. The Bertz CT molecular complexity index is 580. The van der Waals surface area contributed by atoms with Gasteiger partial charge >= 0.3 is 5.97 Å². The number of hydrogen-bond acceptors (Lipinski definition) is 6. The average Bonchev–Trinajstić information content (AvgIpc) is 2.55. The van der Waals surface area contributed by atoms with Crippen LogP contribution in [0.25, 0.3) is 0 Å². The van der Waals surface area contributed by atoms with Crippen LogP contribution in [0, 0.1) is 5.92 Å². The lowest BCUT2D eigenvalue weighted by Gasteiger charge is -2.22. The normalized spacial score (nSPS) is 15.2. The molecule has 0 aliphatic rings. The van der Waals surface area contributed by atoms with Crippen molar-refractivity contribution >= 4 is 29.6 Å². The Hall–Kier alpha value is -2.69. The fraction of sp³-hybridized carbons (Fsp3) is 0.688. The number of primary amides is 1. The van der Waals surface area contributed by atoms with Gasteiger partial charge in [0.25, 0.3) is 0 Å². The van der Waals surface area contributed by atoms with E-state index in [0.29, 0.717) is 0 Å². The molecule has 0 saturated heterocycles. The molecule has 0 aliphatic heterocycles. The van der Waals surface area contributed by atoms with Crippen LogP contribution in [0.3, 0.4) is 0 Å². The van der Waals surface area contributed by atoms with Crippen molar-refractivity contribution in [1.82, 2.24) is 16.0 Å². The third-order valence-electron chi connectivity index (χ3n) is 3.77. The van der Waals surface area contributed by atoms with E-state index in [1.54, 1.807) is 13.8 Å². The highest BCUT2D eigenvalue weighted by Crippen LogP contribution is 2.02. The lowest BCUT2D eigenvalue weighted by atomic mass is 10.0. The molecule has 0 aromatic rings. The van der Waals surface area contributed by atoms with Crippen molar-refractivity contribution in [2.24, 2.45) is 17.4 Å². The first-order valence-electron chi connectivity index (χ1n) is 8.54. The molecule has 0 aliphatic carbocycles. The molecule has 4 amide bonds. The van der Waals surface area contributed by atoms with E-state index >= 15 is 0 Å².